The molecule has 9 nitrogen and oxygen atoms in total. The fourth-order valence-corrected chi connectivity index (χ4v) is 4.22. The molecule has 0 radical (unpaired) electrons. The predicted molar refractivity (Wildman–Crippen MR) is 122 cm³/mol. The number of rotatable bonds is 6. The number of hydrogen-bond donors (Lipinski definition) is 4. The van der Waals surface area contributed by atoms with Crippen molar-refractivity contribution >= 4 is 34.7 Å². The first-order valence-electron chi connectivity index (χ1n) is 10.6. The molecule has 0 bridgehead atoms. The van der Waals surface area contributed by atoms with Gasteiger partial charge >= 0.3 is 18.6 Å². The SMILES string of the molecule is O=C(O)Nc1nc2cc(C3(O)c4ccccc4C(=O)N3c3cccc(OC(F)(F)C(F)F)c3)ccc2[nH]1. The zero-order valence-electron chi connectivity index (χ0n) is 18.5. The van der Waals surface area contributed by atoms with Gasteiger partial charge in [-0.3, -0.25) is 15.0 Å². The molecule has 2 heterocycles. The molecule has 0 spiro atoms. The molecule has 1 aliphatic heterocycles. The highest BCUT2D eigenvalue weighted by molar-refractivity contribution is 6.12. The maximum Gasteiger partial charge on any atom is 0.461 e. The number of nitrogens with one attached hydrogen (secondary N) is 2. The summed E-state index contributed by atoms with van der Waals surface area (Å²) in [6.45, 7) is 0. The van der Waals surface area contributed by atoms with Gasteiger partial charge in [-0.2, -0.15) is 17.6 Å². The van der Waals surface area contributed by atoms with Gasteiger partial charge in [0.15, 0.2) is 5.72 Å². The fourth-order valence-electron chi connectivity index (χ4n) is 4.22. The second-order valence-corrected chi connectivity index (χ2v) is 8.07. The zero-order valence-corrected chi connectivity index (χ0v) is 18.5. The molecule has 0 aliphatic carbocycles. The normalized spacial score (nSPS) is 17.4. The van der Waals surface area contributed by atoms with E-state index < -0.39 is 36.0 Å². The summed E-state index contributed by atoms with van der Waals surface area (Å²) in [5, 5.41) is 23.1. The Morgan fingerprint density at radius 1 is 1.11 bits per heavy atom. The van der Waals surface area contributed by atoms with Crippen LogP contribution in [0.3, 0.4) is 0 Å². The van der Waals surface area contributed by atoms with Crippen LogP contribution in [0.15, 0.2) is 66.7 Å². The minimum atomic E-state index is -4.78. The van der Waals surface area contributed by atoms with E-state index in [1.54, 1.807) is 12.1 Å². The second kappa shape index (κ2) is 8.48. The van der Waals surface area contributed by atoms with E-state index in [0.717, 1.165) is 17.0 Å². The van der Waals surface area contributed by atoms with Crippen molar-refractivity contribution in [1.82, 2.24) is 9.97 Å². The Morgan fingerprint density at radius 3 is 2.59 bits per heavy atom. The highest BCUT2D eigenvalue weighted by Gasteiger charge is 2.51. The third-order valence-corrected chi connectivity index (χ3v) is 5.75. The number of anilines is 2. The molecule has 0 saturated carbocycles. The van der Waals surface area contributed by atoms with Gasteiger partial charge in [0.25, 0.3) is 5.91 Å². The lowest BCUT2D eigenvalue weighted by atomic mass is 9.93. The third kappa shape index (κ3) is 3.98. The number of ether oxygens (including phenoxy) is 1. The molecule has 0 fully saturated rings. The fraction of sp³-hybridized carbons (Fsp3) is 0.125. The number of alkyl halides is 4. The number of hydrogen-bond acceptors (Lipinski definition) is 5. The Bertz CT molecular complexity index is 1540. The van der Waals surface area contributed by atoms with Crippen molar-refractivity contribution in [1.29, 1.82) is 0 Å². The molecule has 13 heteroatoms. The van der Waals surface area contributed by atoms with Gasteiger partial charge in [-0.05, 0) is 30.3 Å². The molecule has 37 heavy (non-hydrogen) atoms. The van der Waals surface area contributed by atoms with E-state index in [0.29, 0.717) is 5.52 Å². The number of amides is 2. The highest BCUT2D eigenvalue weighted by atomic mass is 19.3. The van der Waals surface area contributed by atoms with Gasteiger partial charge < -0.3 is 19.9 Å². The van der Waals surface area contributed by atoms with E-state index >= 15 is 0 Å². The van der Waals surface area contributed by atoms with Crippen LogP contribution in [0.25, 0.3) is 11.0 Å². The van der Waals surface area contributed by atoms with Gasteiger partial charge in [0.2, 0.25) is 5.95 Å². The summed E-state index contributed by atoms with van der Waals surface area (Å²) >= 11 is 0. The van der Waals surface area contributed by atoms with Crippen LogP contribution in [0, 0.1) is 0 Å². The van der Waals surface area contributed by atoms with E-state index in [9.17, 15) is 32.3 Å². The van der Waals surface area contributed by atoms with Crippen LogP contribution in [-0.4, -0.2) is 44.7 Å². The van der Waals surface area contributed by atoms with Gasteiger partial charge in [0, 0.05) is 22.8 Å². The summed E-state index contributed by atoms with van der Waals surface area (Å²) in [7, 11) is 0. The summed E-state index contributed by atoms with van der Waals surface area (Å²) < 4.78 is 56.5. The smallest absolute Gasteiger partial charge is 0.461 e. The standard InChI is InChI=1S/C24H16F4N4O5/c25-20(26)24(27,28)37-14-5-3-4-13(11-14)32-19(33)15-6-1-2-7-16(15)23(32,36)12-8-9-17-18(10-12)30-21(29-17)31-22(34)35/h1-11,20,36H,(H,34,35)(H2,29,30,31). The van der Waals surface area contributed by atoms with Crippen LogP contribution in [0.5, 0.6) is 5.75 Å². The summed E-state index contributed by atoms with van der Waals surface area (Å²) in [6, 6.07) is 15.0. The van der Waals surface area contributed by atoms with Gasteiger partial charge in [-0.15, -0.1) is 0 Å². The third-order valence-electron chi connectivity index (χ3n) is 5.75. The number of halogens is 4. The molecular weight excluding hydrogens is 500 g/mol. The lowest BCUT2D eigenvalue weighted by Gasteiger charge is -2.35. The van der Waals surface area contributed by atoms with Gasteiger partial charge in [0.05, 0.1) is 16.7 Å². The lowest BCUT2D eigenvalue weighted by molar-refractivity contribution is -0.253. The first-order chi connectivity index (χ1) is 17.5. The summed E-state index contributed by atoms with van der Waals surface area (Å²) in [5.41, 5.74) is -1.19. The van der Waals surface area contributed by atoms with Crippen LogP contribution in [-0.2, 0) is 5.72 Å². The molecule has 3 aromatic carbocycles. The largest absolute Gasteiger partial charge is 0.465 e. The summed E-state index contributed by atoms with van der Waals surface area (Å²) in [4.78, 5) is 32.2. The molecule has 1 aromatic heterocycles. The van der Waals surface area contributed by atoms with E-state index in [1.807, 2.05) is 0 Å². The molecule has 2 amide bonds. The number of aromatic amines is 1. The van der Waals surface area contributed by atoms with Crippen LogP contribution in [0.2, 0.25) is 0 Å². The van der Waals surface area contributed by atoms with E-state index in [1.165, 1.54) is 42.5 Å². The molecule has 190 valence electrons. The summed E-state index contributed by atoms with van der Waals surface area (Å²) in [5.74, 6) is -1.41. The Morgan fingerprint density at radius 2 is 1.86 bits per heavy atom. The number of nitrogens with zero attached hydrogens (tertiary/aromatic N) is 2. The number of H-pyrrole nitrogens is 1. The molecular formula is C24H16F4N4O5. The van der Waals surface area contributed by atoms with Crippen molar-refractivity contribution in [2.24, 2.45) is 0 Å². The zero-order chi connectivity index (χ0) is 26.5. The number of imidazole rings is 1. The van der Waals surface area contributed by atoms with Gasteiger partial charge in [-0.25, -0.2) is 9.78 Å². The molecule has 0 saturated heterocycles. The summed E-state index contributed by atoms with van der Waals surface area (Å²) in [6.07, 6.45) is -10.2. The van der Waals surface area contributed by atoms with Crippen molar-refractivity contribution in [3.63, 3.8) is 0 Å². The number of aliphatic hydroxyl groups is 1. The minimum Gasteiger partial charge on any atom is -0.465 e. The number of carbonyl (C=O) groups is 2. The molecule has 1 atom stereocenters. The van der Waals surface area contributed by atoms with Gasteiger partial charge in [0.1, 0.15) is 5.75 Å². The topological polar surface area (TPSA) is 128 Å². The van der Waals surface area contributed by atoms with Crippen molar-refractivity contribution < 1.29 is 42.1 Å². The highest BCUT2D eigenvalue weighted by Crippen LogP contribution is 2.46. The number of aromatic nitrogens is 2. The van der Waals surface area contributed by atoms with E-state index in [-0.39, 0.29) is 33.8 Å². The molecule has 4 aromatic rings. The first kappa shape index (κ1) is 24.1. The van der Waals surface area contributed by atoms with Crippen molar-refractivity contribution in [3.05, 3.63) is 83.4 Å². The molecule has 5 rings (SSSR count). The number of benzene rings is 3. The maximum absolute atomic E-state index is 13.5. The Kier molecular flexibility index (Phi) is 5.52. The average Bonchev–Trinajstić information content (AvgIpc) is 3.34. The number of fused-ring (bicyclic) bond motifs is 2. The van der Waals surface area contributed by atoms with Gasteiger partial charge in [-0.1, -0.05) is 30.3 Å². The molecule has 4 N–H and O–H groups in total. The maximum atomic E-state index is 13.5. The first-order valence-corrected chi connectivity index (χ1v) is 10.6. The van der Waals surface area contributed by atoms with Crippen molar-refractivity contribution in [3.8, 4) is 5.75 Å². The Hall–Kier alpha value is -4.65. The Labute approximate surface area is 204 Å². The van der Waals surface area contributed by atoms with Crippen LogP contribution < -0.4 is 15.0 Å². The number of carboxylic acid groups (broad SMARTS) is 1. The monoisotopic (exact) mass is 516 g/mol. The number of carbonyl (C=O) groups excluding carboxylic acids is 1. The van der Waals surface area contributed by atoms with E-state index in [4.69, 9.17) is 5.11 Å². The minimum absolute atomic E-state index is 0.0730. The van der Waals surface area contributed by atoms with Crippen LogP contribution in [0.4, 0.5) is 34.0 Å². The van der Waals surface area contributed by atoms with Crippen LogP contribution in [0.1, 0.15) is 21.5 Å². The average molecular weight is 516 g/mol. The van der Waals surface area contributed by atoms with Crippen LogP contribution >= 0.6 is 0 Å². The lowest BCUT2D eigenvalue weighted by Crippen LogP contribution is -2.45. The van der Waals surface area contributed by atoms with Crippen molar-refractivity contribution in [2.75, 3.05) is 10.2 Å². The predicted octanol–water partition coefficient (Wildman–Crippen LogP) is 4.74. The Balaban J connectivity index is 1.64. The quantitative estimate of drug-likeness (QED) is 0.274. The van der Waals surface area contributed by atoms with Crippen molar-refractivity contribution in [2.45, 2.75) is 18.3 Å². The second-order valence-electron chi connectivity index (χ2n) is 8.07. The van der Waals surface area contributed by atoms with E-state index in [2.05, 4.69) is 20.0 Å². The molecule has 1 unspecified atom stereocenters. The molecule has 1 aliphatic rings.